The van der Waals surface area contributed by atoms with E-state index in [2.05, 4.69) is 30.1 Å². The molecule has 5 heterocycles. The van der Waals surface area contributed by atoms with Crippen molar-refractivity contribution in [3.05, 3.63) is 66.6 Å². The number of imidazole rings is 2. The smallest absolute Gasteiger partial charge is 0.161 e. The summed E-state index contributed by atoms with van der Waals surface area (Å²) in [7, 11) is 1.97. The summed E-state index contributed by atoms with van der Waals surface area (Å²) in [5.41, 5.74) is 5.41. The zero-order chi connectivity index (χ0) is 21.8. The van der Waals surface area contributed by atoms with E-state index in [1.165, 1.54) is 6.07 Å². The normalized spacial score (nSPS) is 11.6. The summed E-state index contributed by atoms with van der Waals surface area (Å²) in [5.74, 6) is 1.13. The Hall–Kier alpha value is -4.40. The molecule has 6 rings (SSSR count). The summed E-state index contributed by atoms with van der Waals surface area (Å²) in [6, 6.07) is 10.4. The molecule has 0 bridgehead atoms. The zero-order valence-electron chi connectivity index (χ0n) is 17.3. The summed E-state index contributed by atoms with van der Waals surface area (Å²) in [6.45, 7) is 1.95. The van der Waals surface area contributed by atoms with Crippen molar-refractivity contribution in [3.8, 4) is 33.9 Å². The predicted molar refractivity (Wildman–Crippen MR) is 119 cm³/mol. The van der Waals surface area contributed by atoms with Gasteiger partial charge >= 0.3 is 0 Å². The molecule has 0 amide bonds. The van der Waals surface area contributed by atoms with E-state index in [-0.39, 0.29) is 5.82 Å². The molecule has 1 aromatic carbocycles. The lowest BCUT2D eigenvalue weighted by Gasteiger charge is -2.03. The highest BCUT2D eigenvalue weighted by atomic mass is 19.1. The lowest BCUT2D eigenvalue weighted by Crippen LogP contribution is -1.94. The number of aryl methyl sites for hydroxylation is 1. The highest BCUT2D eigenvalue weighted by Crippen LogP contribution is 2.32. The van der Waals surface area contributed by atoms with Gasteiger partial charge in [-0.1, -0.05) is 18.2 Å². The summed E-state index contributed by atoms with van der Waals surface area (Å²) in [6.07, 6.45) is 5.25. The number of nitrogens with zero attached hydrogens (tertiary/aromatic N) is 6. The van der Waals surface area contributed by atoms with Gasteiger partial charge in [0.2, 0.25) is 0 Å². The number of fused-ring (bicyclic) bond motifs is 2. The third-order valence-electron chi connectivity index (χ3n) is 5.71. The van der Waals surface area contributed by atoms with Crippen molar-refractivity contribution in [2.45, 2.75) is 6.92 Å². The third kappa shape index (κ3) is 2.71. The molecule has 0 saturated heterocycles. The maximum atomic E-state index is 14.4. The Morgan fingerprint density at radius 3 is 2.66 bits per heavy atom. The van der Waals surface area contributed by atoms with Crippen LogP contribution in [-0.2, 0) is 7.05 Å². The zero-order valence-corrected chi connectivity index (χ0v) is 17.3. The molecule has 0 unspecified atom stereocenters. The summed E-state index contributed by atoms with van der Waals surface area (Å²) >= 11 is 0. The number of halogens is 1. The lowest BCUT2D eigenvalue weighted by molar-refractivity contribution is 0.631. The minimum Gasteiger partial charge on any atom is -0.331 e. The van der Waals surface area contributed by atoms with Crippen molar-refractivity contribution >= 4 is 22.2 Å². The Labute approximate surface area is 181 Å². The Balaban J connectivity index is 1.53. The van der Waals surface area contributed by atoms with E-state index in [0.29, 0.717) is 39.5 Å². The molecule has 8 nitrogen and oxygen atoms in total. The first-order valence-corrected chi connectivity index (χ1v) is 10.0. The Kier molecular flexibility index (Phi) is 3.91. The molecule has 32 heavy (non-hydrogen) atoms. The molecule has 6 aromatic rings. The maximum Gasteiger partial charge on any atom is 0.161 e. The number of nitrogens with one attached hydrogen (secondary N) is 2. The van der Waals surface area contributed by atoms with E-state index in [1.54, 1.807) is 36.7 Å². The van der Waals surface area contributed by atoms with Crippen LogP contribution < -0.4 is 0 Å². The standard InChI is InChI=1S/C23H17FN8/c1-12-26-11-18(32(12)2)13-9-16-20(30-31-21(16)27-10-13)23-28-19-15(7-8-25-22(19)29-23)14-5-3-4-6-17(14)24/h3-11H,1-2H3,(H,25,28,29)(H,27,30,31). The average Bonchev–Trinajstić information content (AvgIpc) is 3.50. The first-order chi connectivity index (χ1) is 15.6. The van der Waals surface area contributed by atoms with Crippen molar-refractivity contribution in [1.82, 2.24) is 39.7 Å². The third-order valence-corrected chi connectivity index (χ3v) is 5.71. The van der Waals surface area contributed by atoms with Crippen LogP contribution >= 0.6 is 0 Å². The van der Waals surface area contributed by atoms with E-state index >= 15 is 0 Å². The highest BCUT2D eigenvalue weighted by molar-refractivity contribution is 5.96. The SMILES string of the molecule is Cc1ncc(-c2cnc3[nH]nc(-c4nc5c(-c6ccccc6F)ccnc5[nH]4)c3c2)n1C. The van der Waals surface area contributed by atoms with Crippen molar-refractivity contribution in [3.63, 3.8) is 0 Å². The van der Waals surface area contributed by atoms with Gasteiger partial charge in [-0.2, -0.15) is 5.10 Å². The fraction of sp³-hybridized carbons (Fsp3) is 0.0870. The molecule has 156 valence electrons. The van der Waals surface area contributed by atoms with Crippen LogP contribution in [0.4, 0.5) is 4.39 Å². The Morgan fingerprint density at radius 2 is 1.84 bits per heavy atom. The molecule has 0 atom stereocenters. The number of benzene rings is 1. The first-order valence-electron chi connectivity index (χ1n) is 10.0. The molecule has 0 aliphatic heterocycles. The van der Waals surface area contributed by atoms with Crippen LogP contribution in [0.25, 0.3) is 56.1 Å². The average molecular weight is 424 g/mol. The van der Waals surface area contributed by atoms with Crippen molar-refractivity contribution in [2.24, 2.45) is 7.05 Å². The van der Waals surface area contributed by atoms with E-state index in [9.17, 15) is 4.39 Å². The van der Waals surface area contributed by atoms with E-state index < -0.39 is 0 Å². The van der Waals surface area contributed by atoms with E-state index in [1.807, 2.05) is 30.8 Å². The van der Waals surface area contributed by atoms with Crippen LogP contribution in [0.2, 0.25) is 0 Å². The van der Waals surface area contributed by atoms with E-state index in [4.69, 9.17) is 4.98 Å². The summed E-state index contributed by atoms with van der Waals surface area (Å²) < 4.78 is 16.4. The van der Waals surface area contributed by atoms with Gasteiger partial charge in [0.05, 0.1) is 17.3 Å². The quantitative estimate of drug-likeness (QED) is 0.438. The van der Waals surface area contributed by atoms with Gasteiger partial charge in [-0.25, -0.2) is 24.3 Å². The molecule has 5 aromatic heterocycles. The van der Waals surface area contributed by atoms with Crippen molar-refractivity contribution in [1.29, 1.82) is 0 Å². The maximum absolute atomic E-state index is 14.4. The first kappa shape index (κ1) is 18.4. The Morgan fingerprint density at radius 1 is 0.969 bits per heavy atom. The van der Waals surface area contributed by atoms with Crippen LogP contribution in [0.5, 0.6) is 0 Å². The molecule has 0 saturated carbocycles. The van der Waals surface area contributed by atoms with Gasteiger partial charge in [-0.15, -0.1) is 0 Å². The number of pyridine rings is 2. The molecule has 0 aliphatic rings. The molecule has 0 radical (unpaired) electrons. The number of aromatic amines is 2. The lowest BCUT2D eigenvalue weighted by atomic mass is 10.1. The van der Waals surface area contributed by atoms with Gasteiger partial charge in [-0.3, -0.25) is 5.10 Å². The number of hydrogen-bond acceptors (Lipinski definition) is 5. The van der Waals surface area contributed by atoms with Gasteiger partial charge in [0, 0.05) is 36.1 Å². The predicted octanol–water partition coefficient (Wildman–Crippen LogP) is 4.41. The van der Waals surface area contributed by atoms with E-state index in [0.717, 1.165) is 22.5 Å². The second kappa shape index (κ2) is 6.81. The fourth-order valence-corrected chi connectivity index (χ4v) is 3.91. The van der Waals surface area contributed by atoms with Gasteiger partial charge in [-0.05, 0) is 25.1 Å². The Bertz CT molecular complexity index is 1620. The molecule has 9 heteroatoms. The molecule has 2 N–H and O–H groups in total. The minimum atomic E-state index is -0.310. The second-order valence-corrected chi connectivity index (χ2v) is 7.56. The summed E-state index contributed by atoms with van der Waals surface area (Å²) in [5, 5.41) is 8.21. The van der Waals surface area contributed by atoms with Crippen molar-refractivity contribution < 1.29 is 4.39 Å². The fourth-order valence-electron chi connectivity index (χ4n) is 3.91. The highest BCUT2D eigenvalue weighted by Gasteiger charge is 2.18. The number of rotatable bonds is 3. The van der Waals surface area contributed by atoms with Gasteiger partial charge in [0.25, 0.3) is 0 Å². The minimum absolute atomic E-state index is 0.310. The molecular formula is C23H17FN8. The van der Waals surface area contributed by atoms with Crippen LogP contribution in [0.3, 0.4) is 0 Å². The molecule has 0 aliphatic carbocycles. The summed E-state index contributed by atoms with van der Waals surface area (Å²) in [4.78, 5) is 21.2. The largest absolute Gasteiger partial charge is 0.331 e. The molecule has 0 spiro atoms. The van der Waals surface area contributed by atoms with Gasteiger partial charge < -0.3 is 9.55 Å². The second-order valence-electron chi connectivity index (χ2n) is 7.56. The van der Waals surface area contributed by atoms with Crippen LogP contribution in [0.15, 0.2) is 55.0 Å². The number of hydrogen-bond donors (Lipinski definition) is 2. The van der Waals surface area contributed by atoms with Crippen molar-refractivity contribution in [2.75, 3.05) is 0 Å². The monoisotopic (exact) mass is 424 g/mol. The molecule has 0 fully saturated rings. The number of aromatic nitrogens is 8. The van der Waals surface area contributed by atoms with Crippen LogP contribution in [0.1, 0.15) is 5.82 Å². The van der Waals surface area contributed by atoms with Gasteiger partial charge in [0.15, 0.2) is 17.1 Å². The topological polar surface area (TPSA) is 101 Å². The van der Waals surface area contributed by atoms with Gasteiger partial charge in [0.1, 0.15) is 22.9 Å². The number of H-pyrrole nitrogens is 2. The van der Waals surface area contributed by atoms with Crippen LogP contribution in [-0.4, -0.2) is 39.7 Å². The molecular weight excluding hydrogens is 407 g/mol. The van der Waals surface area contributed by atoms with Crippen LogP contribution in [0, 0.1) is 12.7 Å².